The van der Waals surface area contributed by atoms with Gasteiger partial charge in [-0.15, -0.1) is 0 Å². The van der Waals surface area contributed by atoms with Crippen molar-refractivity contribution >= 4 is 35.7 Å². The fraction of sp³-hybridized carbons (Fsp3) is 0.400. The normalized spacial score (nSPS) is 15.3. The molecular formula is C10H12BrClO4S. The number of halogens is 2. The maximum absolute atomic E-state index is 11.2. The molecule has 17 heavy (non-hydrogen) atoms. The molecule has 4 nitrogen and oxygen atoms in total. The highest BCUT2D eigenvalue weighted by atomic mass is 79.9. The summed E-state index contributed by atoms with van der Waals surface area (Å²) < 4.78 is 27.8. The van der Waals surface area contributed by atoms with Crippen molar-refractivity contribution in [2.24, 2.45) is 0 Å². The van der Waals surface area contributed by atoms with Gasteiger partial charge >= 0.3 is 0 Å². The summed E-state index contributed by atoms with van der Waals surface area (Å²) in [7, 11) is 1.20. The van der Waals surface area contributed by atoms with Gasteiger partial charge < -0.3 is 9.84 Å². The fourth-order valence-electron chi connectivity index (χ4n) is 1.07. The van der Waals surface area contributed by atoms with E-state index in [-0.39, 0.29) is 15.8 Å². The van der Waals surface area contributed by atoms with Crippen LogP contribution in [0.15, 0.2) is 23.1 Å². The highest BCUT2D eigenvalue weighted by Crippen LogP contribution is 2.30. The molecule has 0 amide bonds. The van der Waals surface area contributed by atoms with Crippen molar-refractivity contribution in [2.45, 2.75) is 29.7 Å². The lowest BCUT2D eigenvalue weighted by Gasteiger charge is -2.17. The van der Waals surface area contributed by atoms with E-state index in [1.165, 1.54) is 18.2 Å². The smallest absolute Gasteiger partial charge is 0.265 e. The van der Waals surface area contributed by atoms with Crippen LogP contribution in [0.2, 0.25) is 0 Å². The van der Waals surface area contributed by atoms with E-state index in [4.69, 9.17) is 15.4 Å². The van der Waals surface area contributed by atoms with Crippen molar-refractivity contribution in [3.05, 3.63) is 18.2 Å². The molecule has 0 saturated carbocycles. The molecule has 1 rings (SSSR count). The third kappa shape index (κ3) is 4.04. The highest BCUT2D eigenvalue weighted by Gasteiger charge is 2.18. The van der Waals surface area contributed by atoms with Crippen molar-refractivity contribution in [3.63, 3.8) is 0 Å². The van der Waals surface area contributed by atoms with Gasteiger partial charge in [-0.1, -0.05) is 15.9 Å². The first-order valence-electron chi connectivity index (χ1n) is 4.80. The van der Waals surface area contributed by atoms with Gasteiger partial charge in [-0.2, -0.15) is 0 Å². The van der Waals surface area contributed by atoms with E-state index in [9.17, 15) is 13.5 Å². The van der Waals surface area contributed by atoms with E-state index in [1.807, 2.05) is 13.8 Å². The van der Waals surface area contributed by atoms with E-state index in [1.54, 1.807) is 0 Å². The molecule has 2 atom stereocenters. The lowest BCUT2D eigenvalue weighted by Crippen LogP contribution is -2.20. The van der Waals surface area contributed by atoms with Crippen molar-refractivity contribution in [1.82, 2.24) is 0 Å². The number of ether oxygens (including phenoxy) is 1. The Morgan fingerprint density at radius 2 is 2.00 bits per heavy atom. The number of hydrogen-bond acceptors (Lipinski definition) is 4. The average molecular weight is 344 g/mol. The molecule has 7 heteroatoms. The summed E-state index contributed by atoms with van der Waals surface area (Å²) in [5, 5.41) is 9.39. The van der Waals surface area contributed by atoms with Crippen LogP contribution in [0.5, 0.6) is 11.5 Å². The molecule has 0 fully saturated rings. The molecule has 0 saturated heterocycles. The van der Waals surface area contributed by atoms with Gasteiger partial charge in [-0.3, -0.25) is 0 Å². The van der Waals surface area contributed by atoms with E-state index >= 15 is 0 Å². The Labute approximate surface area is 113 Å². The van der Waals surface area contributed by atoms with Gasteiger partial charge in [0.25, 0.3) is 9.05 Å². The molecule has 96 valence electrons. The first-order valence-corrected chi connectivity index (χ1v) is 8.02. The third-order valence-corrected chi connectivity index (χ3v) is 4.26. The summed E-state index contributed by atoms with van der Waals surface area (Å²) in [6.45, 7) is 3.74. The molecule has 0 spiro atoms. The van der Waals surface area contributed by atoms with Crippen LogP contribution < -0.4 is 4.74 Å². The largest absolute Gasteiger partial charge is 0.507 e. The number of phenolic OH excluding ortho intramolecular Hbond substituents is 1. The molecule has 0 aliphatic carbocycles. The Kier molecular flexibility index (Phi) is 4.69. The molecular weight excluding hydrogens is 332 g/mol. The second kappa shape index (κ2) is 5.46. The van der Waals surface area contributed by atoms with E-state index < -0.39 is 14.8 Å². The second-order valence-electron chi connectivity index (χ2n) is 3.57. The minimum absolute atomic E-state index is 0.104. The molecule has 0 bridgehead atoms. The Bertz CT molecular complexity index is 501. The Morgan fingerprint density at radius 3 is 2.47 bits per heavy atom. The van der Waals surface area contributed by atoms with E-state index in [2.05, 4.69) is 15.9 Å². The van der Waals surface area contributed by atoms with Crippen LogP contribution in [-0.4, -0.2) is 24.5 Å². The number of aromatic hydroxyl groups is 1. The molecule has 1 aromatic carbocycles. The van der Waals surface area contributed by atoms with Gasteiger partial charge in [0, 0.05) is 21.6 Å². The van der Waals surface area contributed by atoms with Gasteiger partial charge in [-0.25, -0.2) is 8.42 Å². The molecule has 1 aromatic rings. The molecule has 1 N–H and O–H groups in total. The first kappa shape index (κ1) is 14.6. The fourth-order valence-corrected chi connectivity index (χ4v) is 2.12. The summed E-state index contributed by atoms with van der Waals surface area (Å²) in [5.41, 5.74) is 0. The highest BCUT2D eigenvalue weighted by molar-refractivity contribution is 9.09. The molecule has 0 aromatic heterocycles. The predicted molar refractivity (Wildman–Crippen MR) is 69.6 cm³/mol. The van der Waals surface area contributed by atoms with E-state index in [0.29, 0.717) is 5.75 Å². The topological polar surface area (TPSA) is 63.6 Å². The van der Waals surface area contributed by atoms with Crippen molar-refractivity contribution < 1.29 is 18.3 Å². The van der Waals surface area contributed by atoms with Crippen LogP contribution in [0.3, 0.4) is 0 Å². The van der Waals surface area contributed by atoms with Crippen LogP contribution in [0.25, 0.3) is 0 Å². The lowest BCUT2D eigenvalue weighted by atomic mass is 10.3. The predicted octanol–water partition coefficient (Wildman–Crippen LogP) is 2.87. The van der Waals surface area contributed by atoms with Crippen molar-refractivity contribution in [1.29, 1.82) is 0 Å². The summed E-state index contributed by atoms with van der Waals surface area (Å²) in [6.07, 6.45) is -0.148. The number of hydrogen-bond donors (Lipinski definition) is 1. The Balaban J connectivity index is 3.06. The molecule has 0 aliphatic rings. The molecule has 0 heterocycles. The SMILES string of the molecule is CC(Oc1ccc(O)c(S(=O)(=O)Cl)c1)[C@H](C)Br. The third-order valence-electron chi connectivity index (χ3n) is 2.16. The Hall–Kier alpha value is -0.460. The standard InChI is InChI=1S/C10H12BrClO4S/c1-6(11)7(2)16-8-3-4-9(13)10(5-8)17(12,14)15/h3-7,13H,1-2H3/t6-,7?/m0/s1. The van der Waals surface area contributed by atoms with Crippen molar-refractivity contribution in [3.8, 4) is 11.5 Å². The summed E-state index contributed by atoms with van der Waals surface area (Å²) in [5.74, 6) is -0.0623. The Morgan fingerprint density at radius 1 is 1.41 bits per heavy atom. The average Bonchev–Trinajstić information content (AvgIpc) is 2.19. The summed E-state index contributed by atoms with van der Waals surface area (Å²) in [6, 6.07) is 3.91. The molecule has 0 aliphatic heterocycles. The van der Waals surface area contributed by atoms with Crippen LogP contribution in [0, 0.1) is 0 Å². The zero-order valence-corrected chi connectivity index (χ0v) is 12.4. The molecule has 1 unspecified atom stereocenters. The quantitative estimate of drug-likeness (QED) is 0.674. The van der Waals surface area contributed by atoms with Gasteiger partial charge in [0.05, 0.1) is 0 Å². The summed E-state index contributed by atoms with van der Waals surface area (Å²) in [4.78, 5) is -0.251. The van der Waals surface area contributed by atoms with Gasteiger partial charge in [0.15, 0.2) is 0 Å². The number of phenols is 1. The summed E-state index contributed by atoms with van der Waals surface area (Å²) >= 11 is 3.35. The molecule has 0 radical (unpaired) electrons. The lowest BCUT2D eigenvalue weighted by molar-refractivity contribution is 0.224. The number of benzene rings is 1. The number of rotatable bonds is 4. The zero-order valence-electron chi connectivity index (χ0n) is 9.22. The van der Waals surface area contributed by atoms with Crippen LogP contribution in [0.4, 0.5) is 0 Å². The second-order valence-corrected chi connectivity index (χ2v) is 7.55. The van der Waals surface area contributed by atoms with Crippen molar-refractivity contribution in [2.75, 3.05) is 0 Å². The van der Waals surface area contributed by atoms with Crippen LogP contribution >= 0.6 is 26.6 Å². The zero-order chi connectivity index (χ0) is 13.2. The van der Waals surface area contributed by atoms with Crippen LogP contribution in [-0.2, 0) is 9.05 Å². The van der Waals surface area contributed by atoms with E-state index in [0.717, 1.165) is 0 Å². The minimum atomic E-state index is -3.98. The first-order chi connectivity index (χ1) is 7.71. The number of alkyl halides is 1. The maximum Gasteiger partial charge on any atom is 0.265 e. The van der Waals surface area contributed by atoms with Crippen LogP contribution in [0.1, 0.15) is 13.8 Å². The van der Waals surface area contributed by atoms with Gasteiger partial charge in [-0.05, 0) is 26.0 Å². The monoisotopic (exact) mass is 342 g/mol. The minimum Gasteiger partial charge on any atom is -0.507 e. The van der Waals surface area contributed by atoms with Gasteiger partial charge in [0.2, 0.25) is 0 Å². The van der Waals surface area contributed by atoms with Gasteiger partial charge in [0.1, 0.15) is 22.5 Å². The maximum atomic E-state index is 11.2.